The van der Waals surface area contributed by atoms with Crippen LogP contribution in [-0.2, 0) is 5.41 Å². The summed E-state index contributed by atoms with van der Waals surface area (Å²) < 4.78 is 0. The van der Waals surface area contributed by atoms with Crippen LogP contribution in [0.3, 0.4) is 0 Å². The summed E-state index contributed by atoms with van der Waals surface area (Å²) in [5.41, 5.74) is 6.81. The Morgan fingerprint density at radius 2 is 1.58 bits per heavy atom. The Kier molecular flexibility index (Phi) is 4.54. The van der Waals surface area contributed by atoms with E-state index in [2.05, 4.69) is 110 Å². The van der Waals surface area contributed by atoms with E-state index in [0.29, 0.717) is 0 Å². The predicted octanol–water partition coefficient (Wildman–Crippen LogP) is 6.02. The number of nitrogens with one attached hydrogen (secondary N) is 3. The largest absolute Gasteiger partial charge is 0.376 e. The van der Waals surface area contributed by atoms with Crippen molar-refractivity contribution in [2.45, 2.75) is 51.1 Å². The highest BCUT2D eigenvalue weighted by molar-refractivity contribution is 6.09. The van der Waals surface area contributed by atoms with E-state index >= 15 is 0 Å². The van der Waals surface area contributed by atoms with Crippen LogP contribution in [0.4, 0.5) is 5.69 Å². The third-order valence-electron chi connectivity index (χ3n) is 6.28. The third-order valence-corrected chi connectivity index (χ3v) is 6.28. The van der Waals surface area contributed by atoms with Crippen LogP contribution in [0.25, 0.3) is 5.70 Å². The number of hydrogen-bond donors (Lipinski definition) is 3. The van der Waals surface area contributed by atoms with E-state index in [0.717, 1.165) is 29.2 Å². The molecular weight excluding hydrogens is 380 g/mol. The van der Waals surface area contributed by atoms with E-state index < -0.39 is 0 Å². The van der Waals surface area contributed by atoms with Gasteiger partial charge in [-0.25, -0.2) is 0 Å². The smallest absolute Gasteiger partial charge is 0.137 e. The first kappa shape index (κ1) is 19.7. The van der Waals surface area contributed by atoms with Crippen molar-refractivity contribution in [1.82, 2.24) is 10.3 Å². The van der Waals surface area contributed by atoms with E-state index in [4.69, 9.17) is 4.99 Å². The zero-order valence-electron chi connectivity index (χ0n) is 18.7. The Bertz CT molecular complexity index is 1150. The first-order chi connectivity index (χ1) is 14.8. The van der Waals surface area contributed by atoms with Crippen molar-refractivity contribution in [2.75, 3.05) is 5.32 Å². The van der Waals surface area contributed by atoms with Crippen molar-refractivity contribution in [2.24, 2.45) is 4.99 Å². The number of H-pyrrole nitrogens is 1. The Morgan fingerprint density at radius 3 is 2.29 bits per heavy atom. The van der Waals surface area contributed by atoms with Gasteiger partial charge in [-0.2, -0.15) is 0 Å². The van der Waals surface area contributed by atoms with Gasteiger partial charge in [-0.15, -0.1) is 0 Å². The minimum Gasteiger partial charge on any atom is -0.376 e. The molecule has 0 radical (unpaired) electrons. The topological polar surface area (TPSA) is 52.2 Å². The molecule has 1 aromatic heterocycles. The molecule has 3 N–H and O–H groups in total. The van der Waals surface area contributed by atoms with E-state index in [1.165, 1.54) is 16.8 Å². The van der Waals surface area contributed by atoms with Crippen LogP contribution in [0, 0.1) is 0 Å². The van der Waals surface area contributed by atoms with Gasteiger partial charge in [-0.05, 0) is 37.5 Å². The maximum atomic E-state index is 5.06. The zero-order chi connectivity index (χ0) is 21.6. The molecule has 2 aliphatic heterocycles. The van der Waals surface area contributed by atoms with Gasteiger partial charge in [0.15, 0.2) is 0 Å². The minimum atomic E-state index is -0.293. The molecule has 1 atom stereocenters. The van der Waals surface area contributed by atoms with Crippen molar-refractivity contribution in [3.63, 3.8) is 0 Å². The fraction of sp³-hybridized carbons (Fsp3) is 0.296. The summed E-state index contributed by atoms with van der Waals surface area (Å²) in [5, 5.41) is 7.44. The minimum absolute atomic E-state index is 0.0299. The number of amidine groups is 1. The predicted molar refractivity (Wildman–Crippen MR) is 129 cm³/mol. The van der Waals surface area contributed by atoms with Crippen LogP contribution < -0.4 is 10.6 Å². The number of hydrogen-bond acceptors (Lipinski definition) is 3. The van der Waals surface area contributed by atoms with E-state index in [1.807, 2.05) is 6.07 Å². The normalized spacial score (nSPS) is 21.2. The summed E-state index contributed by atoms with van der Waals surface area (Å²) in [6.45, 7) is 8.94. The highest BCUT2D eigenvalue weighted by Crippen LogP contribution is 2.45. The molecule has 4 nitrogen and oxygen atoms in total. The molecule has 0 bridgehead atoms. The Morgan fingerprint density at radius 1 is 0.903 bits per heavy atom. The van der Waals surface area contributed by atoms with Gasteiger partial charge in [0.25, 0.3) is 0 Å². The second kappa shape index (κ2) is 7.16. The quantitative estimate of drug-likeness (QED) is 0.495. The lowest BCUT2D eigenvalue weighted by Gasteiger charge is -2.37. The lowest BCUT2D eigenvalue weighted by Crippen LogP contribution is -2.35. The molecule has 0 spiro atoms. The van der Waals surface area contributed by atoms with Crippen molar-refractivity contribution >= 4 is 17.2 Å². The number of benzene rings is 2. The van der Waals surface area contributed by atoms with Crippen molar-refractivity contribution in [3.8, 4) is 0 Å². The second-order valence-electron chi connectivity index (χ2n) is 9.81. The number of aromatic nitrogens is 1. The van der Waals surface area contributed by atoms with Gasteiger partial charge in [-0.3, -0.25) is 4.99 Å². The standard InChI is InChI=1S/C27H30N4/c1-26(2)15-21(18-11-7-5-8-12-18)29-23-20(17-28-24(23)26)25-30-22(16-27(3,4)31-25)19-13-9-6-10-14-19/h5-14,16-17,21,28-29H,15H2,1-4H3,(H,30,31). The molecule has 3 aromatic rings. The summed E-state index contributed by atoms with van der Waals surface area (Å²) in [4.78, 5) is 8.62. The number of nitrogens with zero attached hydrogens (tertiary/aromatic N) is 1. The molecule has 0 saturated carbocycles. The third kappa shape index (κ3) is 3.67. The lowest BCUT2D eigenvalue weighted by molar-refractivity contribution is 0.418. The van der Waals surface area contributed by atoms with Gasteiger partial charge in [0.2, 0.25) is 0 Å². The molecule has 158 valence electrons. The number of anilines is 1. The van der Waals surface area contributed by atoms with Crippen LogP contribution in [0.15, 0.2) is 77.9 Å². The Balaban J connectivity index is 1.54. The molecule has 0 aliphatic carbocycles. The Labute approximate surface area is 184 Å². The number of aliphatic imine (C=N–C) groups is 1. The summed E-state index contributed by atoms with van der Waals surface area (Å²) >= 11 is 0. The molecule has 3 heterocycles. The van der Waals surface area contributed by atoms with Gasteiger partial charge >= 0.3 is 0 Å². The molecule has 31 heavy (non-hydrogen) atoms. The summed E-state index contributed by atoms with van der Waals surface area (Å²) in [5.74, 6) is 0.904. The molecular formula is C27H30N4. The Hall–Kier alpha value is -3.27. The highest BCUT2D eigenvalue weighted by atomic mass is 15.1. The SMILES string of the molecule is CC1(C)C=C(c2ccccc2)NC(c2c[nH]c3c2NC(c2ccccc2)CC3(C)C)=N1. The fourth-order valence-corrected chi connectivity index (χ4v) is 4.78. The molecule has 4 heteroatoms. The first-order valence-electron chi connectivity index (χ1n) is 11.0. The molecule has 2 aliphatic rings. The number of aromatic amines is 1. The van der Waals surface area contributed by atoms with Gasteiger partial charge in [-0.1, -0.05) is 74.5 Å². The molecule has 0 amide bonds. The molecule has 0 saturated heterocycles. The van der Waals surface area contributed by atoms with Gasteiger partial charge in [0, 0.05) is 23.0 Å². The molecule has 1 unspecified atom stereocenters. The van der Waals surface area contributed by atoms with E-state index in [-0.39, 0.29) is 17.0 Å². The van der Waals surface area contributed by atoms with Gasteiger partial charge < -0.3 is 15.6 Å². The second-order valence-corrected chi connectivity index (χ2v) is 9.81. The maximum absolute atomic E-state index is 5.06. The zero-order valence-corrected chi connectivity index (χ0v) is 18.7. The number of fused-ring (bicyclic) bond motifs is 1. The van der Waals surface area contributed by atoms with E-state index in [9.17, 15) is 0 Å². The maximum Gasteiger partial charge on any atom is 0.137 e. The van der Waals surface area contributed by atoms with Crippen LogP contribution in [0.5, 0.6) is 0 Å². The molecule has 5 rings (SSSR count). The number of rotatable bonds is 3. The van der Waals surface area contributed by atoms with Crippen LogP contribution in [0.1, 0.15) is 62.5 Å². The summed E-state index contributed by atoms with van der Waals surface area (Å²) in [7, 11) is 0. The lowest BCUT2D eigenvalue weighted by atomic mass is 9.77. The van der Waals surface area contributed by atoms with Crippen molar-refractivity contribution in [3.05, 3.63) is 95.3 Å². The summed E-state index contributed by atoms with van der Waals surface area (Å²) in [6, 6.07) is 21.4. The average Bonchev–Trinajstić information content (AvgIpc) is 3.19. The van der Waals surface area contributed by atoms with Gasteiger partial charge in [0.1, 0.15) is 5.84 Å². The van der Waals surface area contributed by atoms with Crippen molar-refractivity contribution < 1.29 is 0 Å². The van der Waals surface area contributed by atoms with Crippen LogP contribution >= 0.6 is 0 Å². The van der Waals surface area contributed by atoms with Crippen molar-refractivity contribution in [1.29, 1.82) is 0 Å². The molecule has 2 aromatic carbocycles. The van der Waals surface area contributed by atoms with Crippen LogP contribution in [0.2, 0.25) is 0 Å². The highest BCUT2D eigenvalue weighted by Gasteiger charge is 2.37. The monoisotopic (exact) mass is 410 g/mol. The van der Waals surface area contributed by atoms with Crippen LogP contribution in [-0.4, -0.2) is 16.4 Å². The summed E-state index contributed by atoms with van der Waals surface area (Å²) in [6.07, 6.45) is 5.34. The fourth-order valence-electron chi connectivity index (χ4n) is 4.78. The average molecular weight is 411 g/mol. The molecule has 0 fully saturated rings. The first-order valence-corrected chi connectivity index (χ1v) is 11.0. The van der Waals surface area contributed by atoms with Gasteiger partial charge in [0.05, 0.1) is 22.8 Å². The van der Waals surface area contributed by atoms with E-state index in [1.54, 1.807) is 0 Å².